The highest BCUT2D eigenvalue weighted by atomic mass is 16.5. The lowest BCUT2D eigenvalue weighted by atomic mass is 9.90. The topological polar surface area (TPSA) is 76.0 Å². The number of allylic oxidation sites excluding steroid dienone is 3. The molecular weight excluding hydrogens is 344 g/mol. The van der Waals surface area contributed by atoms with Crippen LogP contribution in [0.25, 0.3) is 0 Å². The van der Waals surface area contributed by atoms with E-state index in [0.29, 0.717) is 13.0 Å². The smallest absolute Gasteiger partial charge is 0.302 e. The lowest BCUT2D eigenvalue weighted by molar-refractivity contribution is -0.153. The van der Waals surface area contributed by atoms with Crippen molar-refractivity contribution in [1.29, 1.82) is 0 Å². The Bertz CT molecular complexity index is 543. The van der Waals surface area contributed by atoms with Gasteiger partial charge in [0.15, 0.2) is 0 Å². The summed E-state index contributed by atoms with van der Waals surface area (Å²) in [4.78, 5) is 10.7. The van der Waals surface area contributed by atoms with Gasteiger partial charge in [0.25, 0.3) is 0 Å². The zero-order valence-electron chi connectivity index (χ0n) is 17.9. The summed E-state index contributed by atoms with van der Waals surface area (Å²) in [5, 5.41) is 20.7. The normalized spacial score (nSPS) is 25.6. The van der Waals surface area contributed by atoms with E-state index in [4.69, 9.17) is 9.47 Å². The van der Waals surface area contributed by atoms with Gasteiger partial charge in [0.2, 0.25) is 0 Å². The van der Waals surface area contributed by atoms with Crippen LogP contribution in [0.5, 0.6) is 0 Å². The van der Waals surface area contributed by atoms with Gasteiger partial charge in [-0.2, -0.15) is 0 Å². The predicted octanol–water partition coefficient (Wildman–Crippen LogP) is 4.07. The number of carbonyl (C=O) groups is 1. The molecule has 3 atom stereocenters. The molecule has 0 aromatic rings. The van der Waals surface area contributed by atoms with Gasteiger partial charge in [-0.25, -0.2) is 0 Å². The van der Waals surface area contributed by atoms with Gasteiger partial charge in [-0.15, -0.1) is 0 Å². The first-order valence-corrected chi connectivity index (χ1v) is 9.97. The van der Waals surface area contributed by atoms with Gasteiger partial charge in [-0.05, 0) is 79.2 Å². The van der Waals surface area contributed by atoms with Gasteiger partial charge in [0.05, 0.1) is 23.4 Å². The summed E-state index contributed by atoms with van der Waals surface area (Å²) in [6.45, 7) is 11.3. The van der Waals surface area contributed by atoms with E-state index >= 15 is 0 Å². The zero-order valence-corrected chi connectivity index (χ0v) is 17.9. The van der Waals surface area contributed by atoms with Crippen molar-refractivity contribution in [3.8, 4) is 0 Å². The van der Waals surface area contributed by atoms with Crippen molar-refractivity contribution in [3.63, 3.8) is 0 Å². The molecule has 1 aliphatic heterocycles. The molecule has 0 aromatic carbocycles. The van der Waals surface area contributed by atoms with Crippen molar-refractivity contribution < 1.29 is 24.5 Å². The molecule has 0 bridgehead atoms. The third kappa shape index (κ3) is 8.58. The molecule has 1 fully saturated rings. The van der Waals surface area contributed by atoms with Gasteiger partial charge >= 0.3 is 5.97 Å². The fraction of sp³-hybridized carbons (Fsp3) is 0.773. The van der Waals surface area contributed by atoms with Gasteiger partial charge in [-0.3, -0.25) is 4.79 Å². The molecule has 156 valence electrons. The van der Waals surface area contributed by atoms with E-state index < -0.39 is 17.3 Å². The van der Waals surface area contributed by atoms with Crippen LogP contribution in [0.2, 0.25) is 0 Å². The fourth-order valence-corrected chi connectivity index (χ4v) is 3.32. The Morgan fingerprint density at radius 3 is 2.44 bits per heavy atom. The van der Waals surface area contributed by atoms with Crippen LogP contribution in [0.15, 0.2) is 23.3 Å². The standard InChI is InChI=1S/C22H38O5/c1-16(8-7-9-17(2)13-15-26-18(3)23)10-11-19(24)22(6)14-12-20(27-22)21(4,5)25/h8,13,19-20,24-25H,7,9-12,14-15H2,1-6H3/b16-8-,17-13+/t19-,20+,22-/m0/s1. The highest BCUT2D eigenvalue weighted by Gasteiger charge is 2.46. The van der Waals surface area contributed by atoms with Crippen molar-refractivity contribution >= 4 is 5.97 Å². The van der Waals surface area contributed by atoms with Gasteiger partial charge in [-0.1, -0.05) is 17.2 Å². The molecule has 0 amide bonds. The minimum Gasteiger partial charge on any atom is -0.462 e. The summed E-state index contributed by atoms with van der Waals surface area (Å²) in [5.74, 6) is -0.262. The third-order valence-corrected chi connectivity index (χ3v) is 5.37. The van der Waals surface area contributed by atoms with Crippen molar-refractivity contribution in [2.75, 3.05) is 6.61 Å². The SMILES string of the molecule is CC(=O)OC/C=C(\C)CC/C=C(/C)CC[C@H](O)[C@]1(C)CC[C@H](C(C)(C)O)O1. The van der Waals surface area contributed by atoms with E-state index in [2.05, 4.69) is 13.0 Å². The molecule has 1 saturated heterocycles. The quantitative estimate of drug-likeness (QED) is 0.440. The Morgan fingerprint density at radius 2 is 1.89 bits per heavy atom. The van der Waals surface area contributed by atoms with Gasteiger partial charge in [0, 0.05) is 6.92 Å². The summed E-state index contributed by atoms with van der Waals surface area (Å²) < 4.78 is 10.9. The number of rotatable bonds is 10. The molecule has 0 aliphatic carbocycles. The van der Waals surface area contributed by atoms with E-state index in [1.54, 1.807) is 13.8 Å². The van der Waals surface area contributed by atoms with Crippen molar-refractivity contribution in [2.24, 2.45) is 0 Å². The minimum atomic E-state index is -0.881. The number of aliphatic hydroxyl groups excluding tert-OH is 1. The van der Waals surface area contributed by atoms with Crippen molar-refractivity contribution in [3.05, 3.63) is 23.3 Å². The highest BCUT2D eigenvalue weighted by Crippen LogP contribution is 2.38. The second-order valence-electron chi connectivity index (χ2n) is 8.61. The van der Waals surface area contributed by atoms with E-state index in [-0.39, 0.29) is 12.1 Å². The summed E-state index contributed by atoms with van der Waals surface area (Å²) >= 11 is 0. The first-order chi connectivity index (χ1) is 12.4. The Hall–Kier alpha value is -1.17. The average molecular weight is 383 g/mol. The molecule has 2 N–H and O–H groups in total. The highest BCUT2D eigenvalue weighted by molar-refractivity contribution is 5.66. The number of aliphatic hydroxyl groups is 2. The Labute approximate surface area is 164 Å². The Morgan fingerprint density at radius 1 is 1.26 bits per heavy atom. The largest absolute Gasteiger partial charge is 0.462 e. The average Bonchev–Trinajstić information content (AvgIpc) is 2.96. The summed E-state index contributed by atoms with van der Waals surface area (Å²) in [7, 11) is 0. The van der Waals surface area contributed by atoms with Crippen LogP contribution in [0.4, 0.5) is 0 Å². The molecule has 5 heteroatoms. The van der Waals surface area contributed by atoms with Crippen LogP contribution in [-0.2, 0) is 14.3 Å². The number of hydrogen-bond acceptors (Lipinski definition) is 5. The van der Waals surface area contributed by atoms with Crippen molar-refractivity contribution in [1.82, 2.24) is 0 Å². The van der Waals surface area contributed by atoms with Gasteiger partial charge < -0.3 is 19.7 Å². The van der Waals surface area contributed by atoms with Crippen LogP contribution < -0.4 is 0 Å². The maximum Gasteiger partial charge on any atom is 0.302 e. The minimum absolute atomic E-state index is 0.226. The molecule has 0 unspecified atom stereocenters. The number of hydrogen-bond donors (Lipinski definition) is 2. The van der Waals surface area contributed by atoms with E-state index in [1.165, 1.54) is 18.1 Å². The summed E-state index contributed by atoms with van der Waals surface area (Å²) in [6.07, 6.45) is 8.23. The zero-order chi connectivity index (χ0) is 20.7. The molecule has 27 heavy (non-hydrogen) atoms. The second kappa shape index (κ2) is 10.4. The first-order valence-electron chi connectivity index (χ1n) is 9.97. The van der Waals surface area contributed by atoms with Crippen LogP contribution in [-0.4, -0.2) is 46.2 Å². The second-order valence-corrected chi connectivity index (χ2v) is 8.61. The van der Waals surface area contributed by atoms with E-state index in [1.807, 2.05) is 19.9 Å². The fourth-order valence-electron chi connectivity index (χ4n) is 3.32. The number of ether oxygens (including phenoxy) is 2. The molecule has 1 heterocycles. The van der Waals surface area contributed by atoms with Crippen LogP contribution in [0.1, 0.15) is 80.1 Å². The molecule has 1 aliphatic rings. The first kappa shape index (κ1) is 23.9. The Balaban J connectivity index is 2.37. The third-order valence-electron chi connectivity index (χ3n) is 5.37. The molecule has 0 radical (unpaired) electrons. The molecule has 0 spiro atoms. The maximum absolute atomic E-state index is 10.7. The van der Waals surface area contributed by atoms with E-state index in [0.717, 1.165) is 32.1 Å². The molecule has 0 aromatic heterocycles. The molecule has 1 rings (SSSR count). The molecule has 0 saturated carbocycles. The molecular formula is C22H38O5. The monoisotopic (exact) mass is 382 g/mol. The van der Waals surface area contributed by atoms with Crippen molar-refractivity contribution in [2.45, 2.75) is 103 Å². The number of carbonyl (C=O) groups excluding carboxylic acids is 1. The maximum atomic E-state index is 10.7. The lowest BCUT2D eigenvalue weighted by Gasteiger charge is -2.33. The predicted molar refractivity (Wildman–Crippen MR) is 107 cm³/mol. The van der Waals surface area contributed by atoms with Gasteiger partial charge in [0.1, 0.15) is 6.61 Å². The van der Waals surface area contributed by atoms with Crippen LogP contribution in [0, 0.1) is 0 Å². The molecule has 5 nitrogen and oxygen atoms in total. The summed E-state index contributed by atoms with van der Waals surface area (Å²) in [6, 6.07) is 0. The summed E-state index contributed by atoms with van der Waals surface area (Å²) in [5.41, 5.74) is 0.988. The van der Waals surface area contributed by atoms with Crippen LogP contribution in [0.3, 0.4) is 0 Å². The Kier molecular flexibility index (Phi) is 9.19. The van der Waals surface area contributed by atoms with Crippen LogP contribution >= 0.6 is 0 Å². The lowest BCUT2D eigenvalue weighted by Crippen LogP contribution is -2.43. The number of esters is 1. The van der Waals surface area contributed by atoms with E-state index in [9.17, 15) is 15.0 Å².